The number of halogens is 2. The highest BCUT2D eigenvalue weighted by Crippen LogP contribution is 2.21. The van der Waals surface area contributed by atoms with Crippen LogP contribution in [0.5, 0.6) is 0 Å². The second-order valence-corrected chi connectivity index (χ2v) is 4.18. The molecule has 0 N–H and O–H groups in total. The Balaban J connectivity index is 3.00. The summed E-state index contributed by atoms with van der Waals surface area (Å²) in [5.41, 5.74) is 0. The Labute approximate surface area is 95.1 Å². The summed E-state index contributed by atoms with van der Waals surface area (Å²) < 4.78 is 13.6. The third-order valence-corrected chi connectivity index (χ3v) is 2.35. The van der Waals surface area contributed by atoms with E-state index in [1.54, 1.807) is 0 Å². The van der Waals surface area contributed by atoms with Crippen LogP contribution in [-0.2, 0) is 0 Å². The van der Waals surface area contributed by atoms with Gasteiger partial charge in [0.2, 0.25) is 0 Å². The van der Waals surface area contributed by atoms with E-state index in [1.165, 1.54) is 12.3 Å². The van der Waals surface area contributed by atoms with E-state index < -0.39 is 0 Å². The van der Waals surface area contributed by atoms with Crippen LogP contribution >= 0.6 is 11.6 Å². The Hall–Kier alpha value is -0.830. The first kappa shape index (κ1) is 12.2. The zero-order valence-corrected chi connectivity index (χ0v) is 10.1. The Kier molecular flexibility index (Phi) is 4.33. The van der Waals surface area contributed by atoms with Gasteiger partial charge < -0.3 is 4.90 Å². The van der Waals surface area contributed by atoms with Crippen molar-refractivity contribution < 1.29 is 4.39 Å². The molecule has 0 aromatic carbocycles. The van der Waals surface area contributed by atoms with Crippen LogP contribution in [0.1, 0.15) is 27.2 Å². The van der Waals surface area contributed by atoms with Crippen LogP contribution in [0.3, 0.4) is 0 Å². The summed E-state index contributed by atoms with van der Waals surface area (Å²) in [5, 5.41) is 0.330. The standard InChI is InChI=1S/C11H16ClFN2/c1-4-5-15(8(2)3)11-10(13)6-9(12)7-14-11/h6-8H,4-5H2,1-3H3. The van der Waals surface area contributed by atoms with Crippen LogP contribution in [0, 0.1) is 5.82 Å². The molecule has 84 valence electrons. The maximum atomic E-state index is 13.6. The molecule has 0 saturated carbocycles. The number of anilines is 1. The summed E-state index contributed by atoms with van der Waals surface area (Å²) >= 11 is 5.66. The van der Waals surface area contributed by atoms with Crippen molar-refractivity contribution in [2.75, 3.05) is 11.4 Å². The van der Waals surface area contributed by atoms with Crippen LogP contribution < -0.4 is 4.90 Å². The SMILES string of the molecule is CCCN(c1ncc(Cl)cc1F)C(C)C. The first-order chi connectivity index (χ1) is 7.06. The van der Waals surface area contributed by atoms with Crippen molar-refractivity contribution in [3.63, 3.8) is 0 Å². The average molecular weight is 231 g/mol. The molecule has 0 aliphatic carbocycles. The third kappa shape index (κ3) is 3.06. The van der Waals surface area contributed by atoms with Crippen molar-refractivity contribution in [1.29, 1.82) is 0 Å². The monoisotopic (exact) mass is 230 g/mol. The summed E-state index contributed by atoms with van der Waals surface area (Å²) in [6.45, 7) is 6.89. The summed E-state index contributed by atoms with van der Waals surface area (Å²) in [5.74, 6) is 0.0286. The van der Waals surface area contributed by atoms with Gasteiger partial charge in [0.1, 0.15) is 0 Å². The van der Waals surface area contributed by atoms with Gasteiger partial charge in [-0.15, -0.1) is 0 Å². The smallest absolute Gasteiger partial charge is 0.167 e. The summed E-state index contributed by atoms with van der Waals surface area (Å²) in [6, 6.07) is 1.53. The Bertz CT molecular complexity index is 328. The third-order valence-electron chi connectivity index (χ3n) is 2.15. The molecule has 0 radical (unpaired) electrons. The van der Waals surface area contributed by atoms with Crippen molar-refractivity contribution in [2.24, 2.45) is 0 Å². The second kappa shape index (κ2) is 5.31. The minimum atomic E-state index is -0.357. The van der Waals surface area contributed by atoms with Gasteiger partial charge in [0.05, 0.1) is 5.02 Å². The molecule has 0 saturated heterocycles. The first-order valence-electron chi connectivity index (χ1n) is 5.14. The molecule has 0 amide bonds. The van der Waals surface area contributed by atoms with Gasteiger partial charge >= 0.3 is 0 Å². The van der Waals surface area contributed by atoms with E-state index >= 15 is 0 Å². The predicted octanol–water partition coefficient (Wildman–Crippen LogP) is 3.50. The number of nitrogens with zero attached hydrogens (tertiary/aromatic N) is 2. The van der Waals surface area contributed by atoms with Crippen LogP contribution in [0.2, 0.25) is 5.02 Å². The van der Waals surface area contributed by atoms with E-state index in [2.05, 4.69) is 11.9 Å². The van der Waals surface area contributed by atoms with Gasteiger partial charge in [0.15, 0.2) is 11.6 Å². The largest absolute Gasteiger partial charge is 0.352 e. The number of rotatable bonds is 4. The normalized spacial score (nSPS) is 10.8. The molecule has 0 aliphatic rings. The lowest BCUT2D eigenvalue weighted by molar-refractivity contribution is 0.587. The lowest BCUT2D eigenvalue weighted by atomic mass is 10.2. The number of hydrogen-bond acceptors (Lipinski definition) is 2. The topological polar surface area (TPSA) is 16.1 Å². The van der Waals surface area contributed by atoms with Crippen LogP contribution in [0.4, 0.5) is 10.2 Å². The lowest BCUT2D eigenvalue weighted by Gasteiger charge is -2.27. The fraction of sp³-hybridized carbons (Fsp3) is 0.545. The molecule has 4 heteroatoms. The summed E-state index contributed by atoms with van der Waals surface area (Å²) in [4.78, 5) is 5.97. The highest BCUT2D eigenvalue weighted by atomic mass is 35.5. The molecule has 0 aliphatic heterocycles. The van der Waals surface area contributed by atoms with Crippen molar-refractivity contribution in [1.82, 2.24) is 4.98 Å². The quantitative estimate of drug-likeness (QED) is 0.787. The van der Waals surface area contributed by atoms with Crippen LogP contribution in [-0.4, -0.2) is 17.6 Å². The number of hydrogen-bond donors (Lipinski definition) is 0. The molecule has 0 bridgehead atoms. The van der Waals surface area contributed by atoms with Crippen molar-refractivity contribution >= 4 is 17.4 Å². The Morgan fingerprint density at radius 2 is 2.20 bits per heavy atom. The van der Waals surface area contributed by atoms with E-state index in [9.17, 15) is 4.39 Å². The highest BCUT2D eigenvalue weighted by Gasteiger charge is 2.15. The zero-order valence-electron chi connectivity index (χ0n) is 9.30. The van der Waals surface area contributed by atoms with Gasteiger partial charge in [-0.2, -0.15) is 0 Å². The van der Waals surface area contributed by atoms with Gasteiger partial charge in [-0.05, 0) is 26.3 Å². The second-order valence-electron chi connectivity index (χ2n) is 3.75. The molecule has 1 heterocycles. The van der Waals surface area contributed by atoms with Crippen molar-refractivity contribution in [2.45, 2.75) is 33.2 Å². The van der Waals surface area contributed by atoms with Gasteiger partial charge in [-0.3, -0.25) is 0 Å². The fourth-order valence-corrected chi connectivity index (χ4v) is 1.61. The zero-order chi connectivity index (χ0) is 11.4. The van der Waals surface area contributed by atoms with Crippen molar-refractivity contribution in [3.05, 3.63) is 23.1 Å². The molecule has 0 fully saturated rings. The molecule has 1 aromatic rings. The minimum Gasteiger partial charge on any atom is -0.352 e. The van der Waals surface area contributed by atoms with Crippen LogP contribution in [0.25, 0.3) is 0 Å². The van der Waals surface area contributed by atoms with E-state index in [0.717, 1.165) is 13.0 Å². The number of pyridine rings is 1. The molecule has 1 aromatic heterocycles. The fourth-order valence-electron chi connectivity index (χ4n) is 1.47. The maximum absolute atomic E-state index is 13.6. The molecule has 15 heavy (non-hydrogen) atoms. The summed E-state index contributed by atoms with van der Waals surface area (Å²) in [6.07, 6.45) is 2.44. The van der Waals surface area contributed by atoms with Gasteiger partial charge in [-0.25, -0.2) is 9.37 Å². The molecule has 2 nitrogen and oxygen atoms in total. The predicted molar refractivity (Wildman–Crippen MR) is 62.0 cm³/mol. The van der Waals surface area contributed by atoms with Crippen LogP contribution in [0.15, 0.2) is 12.3 Å². The molecule has 0 atom stereocenters. The number of aromatic nitrogens is 1. The Morgan fingerprint density at radius 1 is 1.53 bits per heavy atom. The first-order valence-corrected chi connectivity index (χ1v) is 5.51. The van der Waals surface area contributed by atoms with Gasteiger partial charge in [0, 0.05) is 18.8 Å². The van der Waals surface area contributed by atoms with Gasteiger partial charge in [-0.1, -0.05) is 18.5 Å². The average Bonchev–Trinajstić information content (AvgIpc) is 2.15. The molecule has 0 spiro atoms. The van der Waals surface area contributed by atoms with E-state index in [4.69, 9.17) is 11.6 Å². The molecular weight excluding hydrogens is 215 g/mol. The molecule has 0 unspecified atom stereocenters. The van der Waals surface area contributed by atoms with Crippen molar-refractivity contribution in [3.8, 4) is 0 Å². The van der Waals surface area contributed by atoms with Gasteiger partial charge in [0.25, 0.3) is 0 Å². The van der Waals surface area contributed by atoms with E-state index in [0.29, 0.717) is 10.8 Å². The van der Waals surface area contributed by atoms with E-state index in [1.807, 2.05) is 18.7 Å². The summed E-state index contributed by atoms with van der Waals surface area (Å²) in [7, 11) is 0. The Morgan fingerprint density at radius 3 is 2.67 bits per heavy atom. The minimum absolute atomic E-state index is 0.230. The highest BCUT2D eigenvalue weighted by molar-refractivity contribution is 6.30. The molecule has 1 rings (SSSR count). The maximum Gasteiger partial charge on any atom is 0.167 e. The van der Waals surface area contributed by atoms with E-state index in [-0.39, 0.29) is 11.9 Å². The molecular formula is C11H16ClFN2. The lowest BCUT2D eigenvalue weighted by Crippen LogP contribution is -2.33.